The minimum atomic E-state index is -0.787. The fourth-order valence-electron chi connectivity index (χ4n) is 3.54. The van der Waals surface area contributed by atoms with Gasteiger partial charge < -0.3 is 10.2 Å². The summed E-state index contributed by atoms with van der Waals surface area (Å²) in [5, 5.41) is 3.12. The second kappa shape index (κ2) is 10.5. The highest BCUT2D eigenvalue weighted by atomic mass is 35.5. The van der Waals surface area contributed by atoms with Gasteiger partial charge in [-0.25, -0.2) is 4.39 Å². The third kappa shape index (κ3) is 5.70. The number of carbonyl (C=O) groups excluding carboxylic acids is 2. The molecule has 0 aliphatic heterocycles. The maximum absolute atomic E-state index is 13.3. The van der Waals surface area contributed by atoms with Crippen molar-refractivity contribution in [2.24, 2.45) is 0 Å². The Balaban J connectivity index is 2.26. The lowest BCUT2D eigenvalue weighted by molar-refractivity contribution is -0.139. The van der Waals surface area contributed by atoms with Crippen molar-refractivity contribution in [2.75, 3.05) is 12.4 Å². The zero-order chi connectivity index (χ0) is 18.9. The number of nitrogens with one attached hydrogen (secondary N) is 1. The molecule has 1 N–H and O–H groups in total. The molecule has 1 aliphatic rings. The van der Waals surface area contributed by atoms with Gasteiger partial charge in [0, 0.05) is 12.6 Å². The van der Waals surface area contributed by atoms with Gasteiger partial charge in [-0.05, 0) is 37.0 Å². The Hall–Kier alpha value is -1.62. The summed E-state index contributed by atoms with van der Waals surface area (Å²) in [5.41, 5.74) is 0.601. The predicted octanol–water partition coefficient (Wildman–Crippen LogP) is 4.18. The van der Waals surface area contributed by atoms with Gasteiger partial charge >= 0.3 is 0 Å². The highest BCUT2D eigenvalue weighted by molar-refractivity contribution is 6.27. The zero-order valence-corrected chi connectivity index (χ0v) is 16.1. The Labute approximate surface area is 160 Å². The van der Waals surface area contributed by atoms with E-state index in [2.05, 4.69) is 5.32 Å². The maximum atomic E-state index is 13.3. The average Bonchev–Trinajstić information content (AvgIpc) is 2.90. The van der Waals surface area contributed by atoms with Gasteiger partial charge in [0.1, 0.15) is 17.7 Å². The SMILES string of the molecule is CCCN(C(=O)CCl)[C@@H](C(=O)NC1CCCCCC1)c1ccc(F)cc1. The number of halogens is 2. The minimum absolute atomic E-state index is 0.127. The van der Waals surface area contributed by atoms with Crippen LogP contribution in [-0.4, -0.2) is 35.2 Å². The molecule has 144 valence electrons. The summed E-state index contributed by atoms with van der Waals surface area (Å²) in [5.74, 6) is -1.06. The Morgan fingerprint density at radius 1 is 1.19 bits per heavy atom. The van der Waals surface area contributed by atoms with Crippen LogP contribution in [0.15, 0.2) is 24.3 Å². The van der Waals surface area contributed by atoms with E-state index in [9.17, 15) is 14.0 Å². The Morgan fingerprint density at radius 2 is 1.81 bits per heavy atom. The number of hydrogen-bond donors (Lipinski definition) is 1. The highest BCUT2D eigenvalue weighted by Crippen LogP contribution is 2.24. The number of hydrogen-bond acceptors (Lipinski definition) is 2. The van der Waals surface area contributed by atoms with Crippen LogP contribution in [0.1, 0.15) is 63.5 Å². The van der Waals surface area contributed by atoms with Gasteiger partial charge in [-0.2, -0.15) is 0 Å². The molecule has 0 saturated heterocycles. The third-order valence-corrected chi connectivity index (χ3v) is 5.08. The van der Waals surface area contributed by atoms with E-state index in [-0.39, 0.29) is 29.6 Å². The van der Waals surface area contributed by atoms with E-state index in [1.54, 1.807) is 12.1 Å². The van der Waals surface area contributed by atoms with Gasteiger partial charge in [0.05, 0.1) is 0 Å². The average molecular weight is 383 g/mol. The van der Waals surface area contributed by atoms with Crippen molar-refractivity contribution < 1.29 is 14.0 Å². The molecular formula is C20H28ClFN2O2. The lowest BCUT2D eigenvalue weighted by atomic mass is 10.0. The molecule has 1 saturated carbocycles. The molecule has 26 heavy (non-hydrogen) atoms. The van der Waals surface area contributed by atoms with Gasteiger partial charge in [0.15, 0.2) is 0 Å². The summed E-state index contributed by atoms with van der Waals surface area (Å²) in [4.78, 5) is 27.0. The molecule has 1 atom stereocenters. The molecule has 1 aliphatic carbocycles. The number of amides is 2. The molecule has 1 aromatic carbocycles. The van der Waals surface area contributed by atoms with Crippen LogP contribution in [-0.2, 0) is 9.59 Å². The van der Waals surface area contributed by atoms with Crippen LogP contribution in [0.4, 0.5) is 4.39 Å². The summed E-state index contributed by atoms with van der Waals surface area (Å²) in [6.07, 6.45) is 7.22. The van der Waals surface area contributed by atoms with Crippen LogP contribution in [0.2, 0.25) is 0 Å². The van der Waals surface area contributed by atoms with Crippen molar-refractivity contribution in [3.8, 4) is 0 Å². The summed E-state index contributed by atoms with van der Waals surface area (Å²) in [7, 11) is 0. The third-order valence-electron chi connectivity index (χ3n) is 4.85. The Kier molecular flexibility index (Phi) is 8.36. The number of alkyl halides is 1. The molecule has 1 fully saturated rings. The van der Waals surface area contributed by atoms with Gasteiger partial charge in [-0.15, -0.1) is 11.6 Å². The van der Waals surface area contributed by atoms with E-state index in [1.165, 1.54) is 29.9 Å². The Morgan fingerprint density at radius 3 is 2.35 bits per heavy atom. The molecule has 2 rings (SSSR count). The van der Waals surface area contributed by atoms with E-state index in [0.717, 1.165) is 25.7 Å². The smallest absolute Gasteiger partial charge is 0.247 e. The van der Waals surface area contributed by atoms with Gasteiger partial charge in [0.2, 0.25) is 11.8 Å². The summed E-state index contributed by atoms with van der Waals surface area (Å²) in [6, 6.07) is 5.11. The molecular weight excluding hydrogens is 355 g/mol. The largest absolute Gasteiger partial charge is 0.351 e. The summed E-state index contributed by atoms with van der Waals surface area (Å²) >= 11 is 5.77. The van der Waals surface area contributed by atoms with E-state index in [4.69, 9.17) is 11.6 Å². The minimum Gasteiger partial charge on any atom is -0.351 e. The highest BCUT2D eigenvalue weighted by Gasteiger charge is 2.31. The number of nitrogens with zero attached hydrogens (tertiary/aromatic N) is 1. The molecule has 0 aromatic heterocycles. The lowest BCUT2D eigenvalue weighted by Crippen LogP contribution is -2.47. The van der Waals surface area contributed by atoms with Crippen LogP contribution in [0.5, 0.6) is 0 Å². The molecule has 6 heteroatoms. The lowest BCUT2D eigenvalue weighted by Gasteiger charge is -2.32. The van der Waals surface area contributed by atoms with Crippen molar-refractivity contribution in [1.29, 1.82) is 0 Å². The van der Waals surface area contributed by atoms with Crippen molar-refractivity contribution in [3.05, 3.63) is 35.6 Å². The first kappa shape index (κ1) is 20.7. The van der Waals surface area contributed by atoms with E-state index in [1.807, 2.05) is 6.92 Å². The van der Waals surface area contributed by atoms with Crippen LogP contribution >= 0.6 is 11.6 Å². The maximum Gasteiger partial charge on any atom is 0.247 e. The van der Waals surface area contributed by atoms with Crippen LogP contribution in [0.3, 0.4) is 0 Å². The summed E-state index contributed by atoms with van der Waals surface area (Å²) in [6.45, 7) is 2.37. The molecule has 1 aromatic rings. The van der Waals surface area contributed by atoms with Gasteiger partial charge in [-0.1, -0.05) is 44.7 Å². The topological polar surface area (TPSA) is 49.4 Å². The predicted molar refractivity (Wildman–Crippen MR) is 101 cm³/mol. The van der Waals surface area contributed by atoms with Crippen LogP contribution < -0.4 is 5.32 Å². The first-order chi connectivity index (χ1) is 12.6. The fraction of sp³-hybridized carbons (Fsp3) is 0.600. The quantitative estimate of drug-likeness (QED) is 0.568. The molecule has 0 unspecified atom stereocenters. The van der Waals surface area contributed by atoms with Crippen LogP contribution in [0, 0.1) is 5.82 Å². The van der Waals surface area contributed by atoms with Gasteiger partial charge in [0.25, 0.3) is 0 Å². The van der Waals surface area contributed by atoms with Crippen molar-refractivity contribution in [1.82, 2.24) is 10.2 Å². The van der Waals surface area contributed by atoms with Crippen LogP contribution in [0.25, 0.3) is 0 Å². The molecule has 0 bridgehead atoms. The normalized spacial score (nSPS) is 16.6. The molecule has 0 spiro atoms. The molecule has 2 amide bonds. The van der Waals surface area contributed by atoms with E-state index < -0.39 is 6.04 Å². The second-order valence-electron chi connectivity index (χ2n) is 6.87. The van der Waals surface area contributed by atoms with Gasteiger partial charge in [-0.3, -0.25) is 9.59 Å². The standard InChI is InChI=1S/C20H28ClFN2O2/c1-2-13-24(18(25)14-21)19(15-9-11-16(22)12-10-15)20(26)23-17-7-5-3-4-6-8-17/h9-12,17,19H,2-8,13-14H2,1H3,(H,23,26)/t19-/m1/s1. The molecule has 4 nitrogen and oxygen atoms in total. The number of carbonyl (C=O) groups is 2. The number of benzene rings is 1. The fourth-order valence-corrected chi connectivity index (χ4v) is 3.69. The molecule has 0 radical (unpaired) electrons. The Bertz CT molecular complexity index is 586. The van der Waals surface area contributed by atoms with E-state index in [0.29, 0.717) is 18.5 Å². The second-order valence-corrected chi connectivity index (χ2v) is 7.14. The number of rotatable bonds is 7. The van der Waals surface area contributed by atoms with E-state index >= 15 is 0 Å². The zero-order valence-electron chi connectivity index (χ0n) is 15.3. The monoisotopic (exact) mass is 382 g/mol. The molecule has 0 heterocycles. The first-order valence-electron chi connectivity index (χ1n) is 9.48. The summed E-state index contributed by atoms with van der Waals surface area (Å²) < 4.78 is 13.3. The van der Waals surface area contributed by atoms with Crippen molar-refractivity contribution >= 4 is 23.4 Å². The van der Waals surface area contributed by atoms with Crippen molar-refractivity contribution in [2.45, 2.75) is 64.0 Å². The van der Waals surface area contributed by atoms with Crippen molar-refractivity contribution in [3.63, 3.8) is 0 Å². The first-order valence-corrected chi connectivity index (χ1v) is 10.0.